The van der Waals surface area contributed by atoms with Crippen LogP contribution in [-0.2, 0) is 6.42 Å². The molecule has 0 fully saturated rings. The van der Waals surface area contributed by atoms with Gasteiger partial charge in [0.25, 0.3) is 5.91 Å². The molecule has 1 aromatic carbocycles. The van der Waals surface area contributed by atoms with Crippen LogP contribution in [-0.4, -0.2) is 48.0 Å². The number of carbonyl (C=O) groups excluding carboxylic acids is 1. The molecule has 2 aromatic rings. The quantitative estimate of drug-likeness (QED) is 0.820. The van der Waals surface area contributed by atoms with E-state index in [-0.39, 0.29) is 5.91 Å². The summed E-state index contributed by atoms with van der Waals surface area (Å²) in [7, 11) is 4.01. The van der Waals surface area contributed by atoms with Gasteiger partial charge in [-0.15, -0.1) is 0 Å². The summed E-state index contributed by atoms with van der Waals surface area (Å²) in [5, 5.41) is 5.95. The normalized spacial score (nSPS) is 10.6. The van der Waals surface area contributed by atoms with Gasteiger partial charge in [-0.25, -0.2) is 9.97 Å². The van der Waals surface area contributed by atoms with E-state index in [1.807, 2.05) is 38.4 Å². The average Bonchev–Trinajstić information content (AvgIpc) is 2.56. The minimum Gasteiger partial charge on any atom is -0.353 e. The first kappa shape index (κ1) is 16.9. The molecule has 1 heterocycles. The summed E-state index contributed by atoms with van der Waals surface area (Å²) in [4.78, 5) is 22.6. The summed E-state index contributed by atoms with van der Waals surface area (Å²) in [6.07, 6.45) is 4.03. The van der Waals surface area contributed by atoms with Crippen molar-refractivity contribution in [3.05, 3.63) is 47.8 Å². The number of hydrogen-bond acceptors (Lipinski definition) is 5. The number of nitrogens with one attached hydrogen (secondary N) is 2. The van der Waals surface area contributed by atoms with E-state index in [4.69, 9.17) is 0 Å². The van der Waals surface area contributed by atoms with Crippen molar-refractivity contribution in [1.82, 2.24) is 14.9 Å². The summed E-state index contributed by atoms with van der Waals surface area (Å²) >= 11 is 0. The Morgan fingerprint density at radius 3 is 2.35 bits per heavy atom. The highest BCUT2D eigenvalue weighted by molar-refractivity contribution is 6.03. The van der Waals surface area contributed by atoms with Crippen molar-refractivity contribution in [2.24, 2.45) is 0 Å². The molecule has 6 nitrogen and oxygen atoms in total. The molecule has 2 rings (SSSR count). The molecule has 1 aromatic heterocycles. The number of amides is 1. The predicted molar refractivity (Wildman–Crippen MR) is 92.8 cm³/mol. The highest BCUT2D eigenvalue weighted by Gasteiger charge is 2.07. The van der Waals surface area contributed by atoms with Crippen LogP contribution in [0.1, 0.15) is 22.8 Å². The summed E-state index contributed by atoms with van der Waals surface area (Å²) < 4.78 is 0. The number of aryl methyl sites for hydroxylation is 1. The van der Waals surface area contributed by atoms with E-state index in [0.717, 1.165) is 25.2 Å². The Bertz CT molecular complexity index is 622. The topological polar surface area (TPSA) is 70.2 Å². The third-order valence-electron chi connectivity index (χ3n) is 3.38. The molecular formula is C17H23N5O. The fraction of sp³-hybridized carbons (Fsp3) is 0.353. The molecule has 2 N–H and O–H groups in total. The largest absolute Gasteiger partial charge is 0.353 e. The van der Waals surface area contributed by atoms with Gasteiger partial charge in [0.15, 0.2) is 0 Å². The van der Waals surface area contributed by atoms with Crippen LogP contribution >= 0.6 is 0 Å². The molecule has 23 heavy (non-hydrogen) atoms. The number of rotatable bonds is 7. The van der Waals surface area contributed by atoms with Crippen LogP contribution in [0.25, 0.3) is 0 Å². The van der Waals surface area contributed by atoms with Crippen molar-refractivity contribution >= 4 is 17.5 Å². The zero-order valence-electron chi connectivity index (χ0n) is 13.8. The van der Waals surface area contributed by atoms with Gasteiger partial charge < -0.3 is 15.5 Å². The number of nitrogens with zero attached hydrogens (tertiary/aromatic N) is 3. The smallest absolute Gasteiger partial charge is 0.258 e. The van der Waals surface area contributed by atoms with Gasteiger partial charge in [-0.2, -0.15) is 0 Å². The van der Waals surface area contributed by atoms with E-state index in [1.54, 1.807) is 0 Å². The average molecular weight is 313 g/mol. The van der Waals surface area contributed by atoms with Crippen molar-refractivity contribution in [3.8, 4) is 0 Å². The number of likely N-dealkylation sites (N-methyl/N-ethyl adjacent to an activating group) is 1. The molecule has 6 heteroatoms. The van der Waals surface area contributed by atoms with Crippen LogP contribution in [0.15, 0.2) is 36.7 Å². The molecule has 0 saturated carbocycles. The van der Waals surface area contributed by atoms with E-state index in [9.17, 15) is 4.79 Å². The van der Waals surface area contributed by atoms with Gasteiger partial charge in [-0.3, -0.25) is 4.79 Å². The lowest BCUT2D eigenvalue weighted by atomic mass is 10.1. The second kappa shape index (κ2) is 8.24. The van der Waals surface area contributed by atoms with Crippen LogP contribution in [0.4, 0.5) is 11.6 Å². The molecule has 0 atom stereocenters. The molecule has 0 aliphatic rings. The summed E-state index contributed by atoms with van der Waals surface area (Å²) in [6.45, 7) is 3.74. The Labute approximate surface area is 137 Å². The minimum absolute atomic E-state index is 0.214. The van der Waals surface area contributed by atoms with Crippen molar-refractivity contribution in [3.63, 3.8) is 0 Å². The third-order valence-corrected chi connectivity index (χ3v) is 3.38. The molecule has 0 aliphatic heterocycles. The standard InChI is InChI=1S/C17H23N5O/c1-4-13-5-7-15(8-6-13)21-16(23)14-11-19-17(20-12-14)18-9-10-22(2)3/h5-8,11-12H,4,9-10H2,1-3H3,(H,21,23)(H,18,19,20). The fourth-order valence-corrected chi connectivity index (χ4v) is 1.95. The Hall–Kier alpha value is -2.47. The molecule has 122 valence electrons. The summed E-state index contributed by atoms with van der Waals surface area (Å²) in [6, 6.07) is 7.80. The zero-order valence-corrected chi connectivity index (χ0v) is 13.8. The Morgan fingerprint density at radius 2 is 1.78 bits per heavy atom. The lowest BCUT2D eigenvalue weighted by Gasteiger charge is -2.10. The van der Waals surface area contributed by atoms with Gasteiger partial charge in [0.05, 0.1) is 5.56 Å². The second-order valence-corrected chi connectivity index (χ2v) is 5.53. The van der Waals surface area contributed by atoms with Gasteiger partial charge in [-0.05, 0) is 38.2 Å². The Morgan fingerprint density at radius 1 is 1.13 bits per heavy atom. The van der Waals surface area contributed by atoms with Crippen LogP contribution in [0.5, 0.6) is 0 Å². The molecule has 0 spiro atoms. The van der Waals surface area contributed by atoms with Crippen molar-refractivity contribution in [2.45, 2.75) is 13.3 Å². The van der Waals surface area contributed by atoms with Crippen LogP contribution in [0.2, 0.25) is 0 Å². The number of benzene rings is 1. The van der Waals surface area contributed by atoms with Crippen LogP contribution < -0.4 is 10.6 Å². The number of hydrogen-bond donors (Lipinski definition) is 2. The third kappa shape index (κ3) is 5.34. The fourth-order valence-electron chi connectivity index (χ4n) is 1.95. The SMILES string of the molecule is CCc1ccc(NC(=O)c2cnc(NCCN(C)C)nc2)cc1. The highest BCUT2D eigenvalue weighted by Crippen LogP contribution is 2.11. The monoisotopic (exact) mass is 313 g/mol. The van der Waals surface area contributed by atoms with Gasteiger partial charge in [-0.1, -0.05) is 19.1 Å². The molecule has 0 unspecified atom stereocenters. The van der Waals surface area contributed by atoms with Crippen molar-refractivity contribution in [1.29, 1.82) is 0 Å². The number of carbonyl (C=O) groups is 1. The van der Waals surface area contributed by atoms with Crippen molar-refractivity contribution < 1.29 is 4.79 Å². The van der Waals surface area contributed by atoms with E-state index >= 15 is 0 Å². The maximum atomic E-state index is 12.2. The van der Waals surface area contributed by atoms with Gasteiger partial charge in [0.2, 0.25) is 5.95 Å². The number of anilines is 2. The van der Waals surface area contributed by atoms with Gasteiger partial charge in [0, 0.05) is 31.2 Å². The van der Waals surface area contributed by atoms with E-state index < -0.39 is 0 Å². The molecular weight excluding hydrogens is 290 g/mol. The highest BCUT2D eigenvalue weighted by atomic mass is 16.1. The van der Waals surface area contributed by atoms with Gasteiger partial charge in [0.1, 0.15) is 0 Å². The number of aromatic nitrogens is 2. The lowest BCUT2D eigenvalue weighted by Crippen LogP contribution is -2.21. The van der Waals surface area contributed by atoms with E-state index in [2.05, 4.69) is 32.4 Å². The Balaban J connectivity index is 1.91. The zero-order chi connectivity index (χ0) is 16.7. The van der Waals surface area contributed by atoms with Crippen molar-refractivity contribution in [2.75, 3.05) is 37.8 Å². The van der Waals surface area contributed by atoms with Crippen LogP contribution in [0.3, 0.4) is 0 Å². The Kier molecular flexibility index (Phi) is 6.05. The maximum absolute atomic E-state index is 12.2. The second-order valence-electron chi connectivity index (χ2n) is 5.53. The van der Waals surface area contributed by atoms with Gasteiger partial charge >= 0.3 is 0 Å². The molecule has 0 radical (unpaired) electrons. The first-order chi connectivity index (χ1) is 11.1. The predicted octanol–water partition coefficient (Wildman–Crippen LogP) is 2.26. The maximum Gasteiger partial charge on any atom is 0.258 e. The van der Waals surface area contributed by atoms with Crippen LogP contribution in [0, 0.1) is 0 Å². The molecule has 0 saturated heterocycles. The van der Waals surface area contributed by atoms with E-state index in [0.29, 0.717) is 11.5 Å². The minimum atomic E-state index is -0.214. The molecule has 0 bridgehead atoms. The molecule has 1 amide bonds. The first-order valence-corrected chi connectivity index (χ1v) is 7.69. The summed E-state index contributed by atoms with van der Waals surface area (Å²) in [5.41, 5.74) is 2.43. The first-order valence-electron chi connectivity index (χ1n) is 7.69. The van der Waals surface area contributed by atoms with E-state index in [1.165, 1.54) is 18.0 Å². The lowest BCUT2D eigenvalue weighted by molar-refractivity contribution is 0.102. The summed E-state index contributed by atoms with van der Waals surface area (Å²) in [5.74, 6) is 0.310. The molecule has 0 aliphatic carbocycles.